The van der Waals surface area contributed by atoms with E-state index in [2.05, 4.69) is 25.3 Å². The van der Waals surface area contributed by atoms with E-state index in [-0.39, 0.29) is 29.0 Å². The summed E-state index contributed by atoms with van der Waals surface area (Å²) in [7, 11) is 3.85. The lowest BCUT2D eigenvalue weighted by Crippen LogP contribution is -2.50. The summed E-state index contributed by atoms with van der Waals surface area (Å²) in [5.41, 5.74) is 6.72. The van der Waals surface area contributed by atoms with Gasteiger partial charge in [0.05, 0.1) is 12.0 Å². The Morgan fingerprint density at radius 3 is 2.77 bits per heavy atom. The number of amides is 2. The van der Waals surface area contributed by atoms with E-state index in [9.17, 15) is 14.0 Å². The van der Waals surface area contributed by atoms with Gasteiger partial charge in [-0.05, 0) is 50.1 Å². The molecule has 3 aliphatic rings. The predicted octanol–water partition coefficient (Wildman–Crippen LogP) is 1.27. The molecule has 6 rings (SSSR count). The van der Waals surface area contributed by atoms with Crippen molar-refractivity contribution >= 4 is 34.6 Å². The number of hydrogen-bond donors (Lipinski definition) is 2. The first-order valence-electron chi connectivity index (χ1n) is 14.4. The van der Waals surface area contributed by atoms with Crippen molar-refractivity contribution in [1.29, 1.82) is 0 Å². The number of nitrogens with one attached hydrogen (secondary N) is 1. The van der Waals surface area contributed by atoms with Crippen LogP contribution in [0.15, 0.2) is 46.0 Å². The standard InChI is InChI=1S/C28H35FN10O4S/c1-35(2)8-7-31-22(40)17-43-18-5-6-20(19(29)16-18)37-12-9-36(10-13-37)11-14-38-25-23(44-28(38)41)26-32-24(21-4-3-15-42-21)34-39(26)27(30)33-25/h3-6,15-16,23,25H,7-14,17H2,1-2H3,(H2,30,33)(H,31,40)/t23-,25?/m0/s1. The monoisotopic (exact) mass is 626 g/mol. The lowest BCUT2D eigenvalue weighted by molar-refractivity contribution is -0.123. The quantitative estimate of drug-likeness (QED) is 0.317. The smallest absolute Gasteiger partial charge is 0.284 e. The van der Waals surface area contributed by atoms with Crippen molar-refractivity contribution in [1.82, 2.24) is 34.8 Å². The molecule has 3 aliphatic heterocycles. The molecule has 16 heteroatoms. The zero-order valence-corrected chi connectivity index (χ0v) is 25.4. The van der Waals surface area contributed by atoms with Crippen LogP contribution >= 0.6 is 11.8 Å². The van der Waals surface area contributed by atoms with Gasteiger partial charge in [-0.15, -0.1) is 5.10 Å². The molecule has 0 bridgehead atoms. The molecule has 2 atom stereocenters. The fourth-order valence-electron chi connectivity index (χ4n) is 5.35. The van der Waals surface area contributed by atoms with E-state index in [0.29, 0.717) is 74.7 Å². The molecule has 14 nitrogen and oxygen atoms in total. The van der Waals surface area contributed by atoms with Crippen LogP contribution in [0, 0.1) is 5.82 Å². The Morgan fingerprint density at radius 2 is 2.05 bits per heavy atom. The lowest BCUT2D eigenvalue weighted by atomic mass is 10.2. The van der Waals surface area contributed by atoms with Crippen molar-refractivity contribution in [3.8, 4) is 17.3 Å². The molecule has 3 N–H and O–H groups in total. The molecule has 2 fully saturated rings. The molecule has 2 saturated heterocycles. The van der Waals surface area contributed by atoms with Crippen molar-refractivity contribution < 1.29 is 23.1 Å². The highest BCUT2D eigenvalue weighted by molar-refractivity contribution is 8.14. The van der Waals surface area contributed by atoms with Crippen LogP contribution in [0.25, 0.3) is 11.6 Å². The Morgan fingerprint density at radius 1 is 1.23 bits per heavy atom. The highest BCUT2D eigenvalue weighted by atomic mass is 32.2. The number of piperazine rings is 1. The second kappa shape index (κ2) is 12.8. The minimum Gasteiger partial charge on any atom is -0.484 e. The van der Waals surface area contributed by atoms with Gasteiger partial charge in [0.15, 0.2) is 18.2 Å². The Hall–Kier alpha value is -4.15. The number of fused-ring (bicyclic) bond motifs is 3. The molecule has 0 saturated carbocycles. The van der Waals surface area contributed by atoms with Crippen LogP contribution in [0.3, 0.4) is 0 Å². The van der Waals surface area contributed by atoms with E-state index in [0.717, 1.165) is 6.54 Å². The number of aliphatic imine (C=N–C) groups is 1. The molecule has 5 heterocycles. The number of nitrogens with two attached hydrogens (primary N) is 1. The molecule has 3 aromatic rings. The fraction of sp³-hybridized carbons (Fsp3) is 0.464. The van der Waals surface area contributed by atoms with Crippen molar-refractivity contribution in [2.45, 2.75) is 11.4 Å². The summed E-state index contributed by atoms with van der Waals surface area (Å²) in [6.45, 7) is 4.87. The Bertz CT molecular complexity index is 1520. The normalized spacial score (nSPS) is 20.1. The number of ether oxygens (including phenoxy) is 1. The molecule has 2 amide bonds. The van der Waals surface area contributed by atoms with Crippen LogP contribution in [0.1, 0.15) is 11.1 Å². The minimum atomic E-state index is -0.464. The first-order chi connectivity index (χ1) is 21.3. The Kier molecular flexibility index (Phi) is 8.72. The van der Waals surface area contributed by atoms with Gasteiger partial charge < -0.3 is 34.9 Å². The predicted molar refractivity (Wildman–Crippen MR) is 163 cm³/mol. The Balaban J connectivity index is 0.991. The zero-order valence-electron chi connectivity index (χ0n) is 24.6. The number of halogens is 1. The summed E-state index contributed by atoms with van der Waals surface area (Å²) in [5.74, 6) is 1.32. The first kappa shape index (κ1) is 29.9. The number of benzene rings is 1. The second-order valence-corrected chi connectivity index (χ2v) is 12.1. The zero-order chi connectivity index (χ0) is 30.8. The minimum absolute atomic E-state index is 0.0818. The number of thioether (sulfide) groups is 1. The molecule has 234 valence electrons. The number of likely N-dealkylation sites (N-methyl/N-ethyl adjacent to an activating group) is 1. The van der Waals surface area contributed by atoms with Crippen LogP contribution in [0.2, 0.25) is 0 Å². The third-order valence-corrected chi connectivity index (χ3v) is 8.85. The molecular formula is C28H35FN10O4S. The van der Waals surface area contributed by atoms with Gasteiger partial charge >= 0.3 is 0 Å². The highest BCUT2D eigenvalue weighted by Gasteiger charge is 2.47. The summed E-state index contributed by atoms with van der Waals surface area (Å²) < 4.78 is 27.4. The van der Waals surface area contributed by atoms with Crippen molar-refractivity contribution in [3.05, 3.63) is 48.2 Å². The number of nitrogens with zero attached hydrogens (tertiary/aromatic N) is 8. The number of anilines is 1. The van der Waals surface area contributed by atoms with Gasteiger partial charge in [-0.25, -0.2) is 14.4 Å². The molecule has 0 radical (unpaired) electrons. The van der Waals surface area contributed by atoms with Crippen molar-refractivity contribution in [2.75, 3.05) is 78.0 Å². The van der Waals surface area contributed by atoms with Gasteiger partial charge in [-0.1, -0.05) is 0 Å². The van der Waals surface area contributed by atoms with E-state index >= 15 is 0 Å². The molecule has 44 heavy (non-hydrogen) atoms. The molecule has 1 aromatic carbocycles. The van der Waals surface area contributed by atoms with Gasteiger partial charge in [-0.3, -0.25) is 14.5 Å². The van der Waals surface area contributed by atoms with Gasteiger partial charge in [0.1, 0.15) is 23.0 Å². The van der Waals surface area contributed by atoms with Gasteiger partial charge in [-0.2, -0.15) is 4.68 Å². The number of furan rings is 1. The van der Waals surface area contributed by atoms with E-state index in [4.69, 9.17) is 14.9 Å². The SMILES string of the molecule is CN(C)CCNC(=O)COc1ccc(N2CCN(CCN3C(=O)S[C@@H]4c5nc(-c6ccco6)nn5C(N)=NC43)CC2)c(F)c1. The van der Waals surface area contributed by atoms with Gasteiger partial charge in [0.25, 0.3) is 11.1 Å². The third-order valence-electron chi connectivity index (χ3n) is 7.70. The summed E-state index contributed by atoms with van der Waals surface area (Å²) >= 11 is 1.18. The number of carbonyl (C=O) groups is 2. The lowest BCUT2D eigenvalue weighted by Gasteiger charge is -2.37. The van der Waals surface area contributed by atoms with E-state index in [1.54, 1.807) is 35.4 Å². The first-order valence-corrected chi connectivity index (χ1v) is 15.3. The van der Waals surface area contributed by atoms with Crippen molar-refractivity contribution in [3.63, 3.8) is 0 Å². The summed E-state index contributed by atoms with van der Waals surface area (Å²) in [5, 5.41) is 6.79. The average molecular weight is 627 g/mol. The molecular weight excluding hydrogens is 591 g/mol. The van der Waals surface area contributed by atoms with Crippen LogP contribution < -0.4 is 20.7 Å². The average Bonchev–Trinajstić information content (AvgIpc) is 3.75. The molecule has 0 aliphatic carbocycles. The third kappa shape index (κ3) is 6.37. The number of hydrogen-bond acceptors (Lipinski definition) is 12. The number of carbonyl (C=O) groups excluding carboxylic acids is 2. The summed E-state index contributed by atoms with van der Waals surface area (Å²) in [4.78, 5) is 42.1. The van der Waals surface area contributed by atoms with Crippen LogP contribution in [-0.2, 0) is 4.79 Å². The largest absolute Gasteiger partial charge is 0.484 e. The Labute approximate surface area is 258 Å². The fourth-order valence-corrected chi connectivity index (χ4v) is 6.49. The number of rotatable bonds is 11. The van der Waals surface area contributed by atoms with E-state index in [1.165, 1.54) is 22.5 Å². The highest BCUT2D eigenvalue weighted by Crippen LogP contribution is 2.45. The molecule has 2 aromatic heterocycles. The van der Waals surface area contributed by atoms with Gasteiger partial charge in [0.2, 0.25) is 11.8 Å². The van der Waals surface area contributed by atoms with E-state index in [1.807, 2.05) is 23.9 Å². The summed E-state index contributed by atoms with van der Waals surface area (Å²) in [6.07, 6.45) is 1.08. The van der Waals surface area contributed by atoms with E-state index < -0.39 is 12.0 Å². The second-order valence-electron chi connectivity index (χ2n) is 11.0. The maximum atomic E-state index is 15.0. The van der Waals surface area contributed by atoms with Gasteiger partial charge in [0, 0.05) is 58.4 Å². The maximum absolute atomic E-state index is 15.0. The summed E-state index contributed by atoms with van der Waals surface area (Å²) in [6, 6.07) is 8.20. The molecule has 0 spiro atoms. The van der Waals surface area contributed by atoms with Crippen LogP contribution in [0.5, 0.6) is 5.75 Å². The van der Waals surface area contributed by atoms with Crippen LogP contribution in [0.4, 0.5) is 14.9 Å². The molecule has 1 unspecified atom stereocenters. The van der Waals surface area contributed by atoms with Crippen LogP contribution in [-0.4, -0.2) is 126 Å². The topological polar surface area (TPSA) is 151 Å². The van der Waals surface area contributed by atoms with Crippen molar-refractivity contribution in [2.24, 2.45) is 10.7 Å². The number of aromatic nitrogens is 3. The maximum Gasteiger partial charge on any atom is 0.284 e.